The summed E-state index contributed by atoms with van der Waals surface area (Å²) in [5.74, 6) is -3.86. The lowest BCUT2D eigenvalue weighted by Crippen LogP contribution is -2.25. The van der Waals surface area contributed by atoms with Crippen molar-refractivity contribution in [2.75, 3.05) is 14.2 Å². The van der Waals surface area contributed by atoms with Gasteiger partial charge in [0, 0.05) is 0 Å². The summed E-state index contributed by atoms with van der Waals surface area (Å²) in [6.45, 7) is 0. The number of carbonyl (C=O) groups excluding carboxylic acids is 3. The van der Waals surface area contributed by atoms with Crippen molar-refractivity contribution in [3.05, 3.63) is 35.4 Å². The normalized spacial score (nSPS) is 21.3. The quantitative estimate of drug-likeness (QED) is 0.571. The summed E-state index contributed by atoms with van der Waals surface area (Å²) in [7, 11) is 2.42. The van der Waals surface area contributed by atoms with Crippen LogP contribution in [-0.4, -0.2) is 31.9 Å². The number of ether oxygens (including phenoxy) is 2. The highest BCUT2D eigenvalue weighted by atomic mass is 16.5. The lowest BCUT2D eigenvalue weighted by Gasteiger charge is -2.08. The molecule has 94 valence electrons. The molecule has 0 spiro atoms. The molecule has 5 heteroatoms. The number of fused-ring (bicyclic) bond motifs is 1. The van der Waals surface area contributed by atoms with Gasteiger partial charge in [-0.05, 0) is 11.1 Å². The van der Waals surface area contributed by atoms with E-state index < -0.39 is 29.6 Å². The highest BCUT2D eigenvalue weighted by molar-refractivity contribution is 6.18. The van der Waals surface area contributed by atoms with E-state index in [-0.39, 0.29) is 0 Å². The average molecular weight is 248 g/mol. The lowest BCUT2D eigenvalue weighted by atomic mass is 10.00. The maximum Gasteiger partial charge on any atom is 0.320 e. The minimum absolute atomic E-state index is 0.491. The predicted molar refractivity (Wildman–Crippen MR) is 61.0 cm³/mol. The van der Waals surface area contributed by atoms with Crippen molar-refractivity contribution in [3.8, 4) is 0 Å². The van der Waals surface area contributed by atoms with Crippen LogP contribution in [0.15, 0.2) is 24.3 Å². The van der Waals surface area contributed by atoms with Gasteiger partial charge in [0.15, 0.2) is 5.78 Å². The number of carbonyl (C=O) groups is 3. The smallest absolute Gasteiger partial charge is 0.320 e. The Kier molecular flexibility index (Phi) is 3.14. The first-order valence-electron chi connectivity index (χ1n) is 5.40. The Balaban J connectivity index is 2.53. The molecule has 0 radical (unpaired) electrons. The van der Waals surface area contributed by atoms with E-state index in [0.29, 0.717) is 11.1 Å². The molecule has 2 atom stereocenters. The lowest BCUT2D eigenvalue weighted by molar-refractivity contribution is -0.148. The fourth-order valence-electron chi connectivity index (χ4n) is 2.23. The zero-order valence-corrected chi connectivity index (χ0v) is 10.0. The van der Waals surface area contributed by atoms with E-state index in [1.807, 2.05) is 0 Å². The molecular formula is C13H12O5. The molecule has 0 fully saturated rings. The Morgan fingerprint density at radius 1 is 0.944 bits per heavy atom. The Labute approximate surface area is 104 Å². The van der Waals surface area contributed by atoms with Crippen LogP contribution in [0.3, 0.4) is 0 Å². The minimum Gasteiger partial charge on any atom is -0.468 e. The van der Waals surface area contributed by atoms with Crippen LogP contribution in [0.2, 0.25) is 0 Å². The summed E-state index contributed by atoms with van der Waals surface area (Å²) in [4.78, 5) is 35.5. The first kappa shape index (κ1) is 12.3. The number of hydrogen-bond donors (Lipinski definition) is 0. The molecule has 2 rings (SSSR count). The molecule has 1 aromatic carbocycles. The van der Waals surface area contributed by atoms with Gasteiger partial charge in [-0.1, -0.05) is 24.3 Å². The summed E-state index contributed by atoms with van der Waals surface area (Å²) in [6, 6.07) is 6.72. The van der Waals surface area contributed by atoms with Gasteiger partial charge in [-0.3, -0.25) is 14.4 Å². The van der Waals surface area contributed by atoms with E-state index in [4.69, 9.17) is 0 Å². The van der Waals surface area contributed by atoms with Gasteiger partial charge in [-0.15, -0.1) is 0 Å². The number of Topliss-reactive ketones (excluding diaryl/α,β-unsaturated/α-hetero) is 1. The third kappa shape index (κ3) is 1.68. The third-order valence-corrected chi connectivity index (χ3v) is 3.06. The standard InChI is InChI=1S/C13H12O5/c1-17-12(15)9-7-5-3-4-6-8(7)10(11(9)14)13(16)18-2/h3-6,9-10H,1-2H3. The molecule has 1 aromatic rings. The number of rotatable bonds is 2. The topological polar surface area (TPSA) is 69.7 Å². The first-order valence-corrected chi connectivity index (χ1v) is 5.40. The first-order chi connectivity index (χ1) is 8.61. The Morgan fingerprint density at radius 3 is 1.67 bits per heavy atom. The molecule has 0 aromatic heterocycles. The predicted octanol–water partition coefficient (Wildman–Crippen LogP) is 0.782. The molecular weight excluding hydrogens is 236 g/mol. The third-order valence-electron chi connectivity index (χ3n) is 3.06. The number of esters is 2. The number of methoxy groups -OCH3 is 2. The van der Waals surface area contributed by atoms with Crippen molar-refractivity contribution in [2.45, 2.75) is 11.8 Å². The van der Waals surface area contributed by atoms with Crippen LogP contribution in [0, 0.1) is 0 Å². The van der Waals surface area contributed by atoms with Crippen molar-refractivity contribution >= 4 is 17.7 Å². The second-order valence-corrected chi connectivity index (χ2v) is 3.94. The molecule has 0 N–H and O–H groups in total. The van der Waals surface area contributed by atoms with Gasteiger partial charge in [0.1, 0.15) is 11.8 Å². The van der Waals surface area contributed by atoms with Gasteiger partial charge in [0.25, 0.3) is 0 Å². The number of hydrogen-bond acceptors (Lipinski definition) is 5. The Morgan fingerprint density at radius 2 is 1.33 bits per heavy atom. The number of ketones is 1. The van der Waals surface area contributed by atoms with Gasteiger partial charge in [-0.25, -0.2) is 0 Å². The maximum atomic E-state index is 12.2. The fourth-order valence-corrected chi connectivity index (χ4v) is 2.23. The molecule has 0 aliphatic heterocycles. The molecule has 0 saturated heterocycles. The summed E-state index contributed by atoms with van der Waals surface area (Å²) < 4.78 is 9.22. The van der Waals surface area contributed by atoms with E-state index in [1.165, 1.54) is 14.2 Å². The van der Waals surface area contributed by atoms with Crippen LogP contribution < -0.4 is 0 Å². The molecule has 1 aliphatic rings. The van der Waals surface area contributed by atoms with Crippen LogP contribution in [0.1, 0.15) is 23.0 Å². The van der Waals surface area contributed by atoms with E-state index in [0.717, 1.165) is 0 Å². The second kappa shape index (κ2) is 4.60. The Bertz CT molecular complexity index is 475. The van der Waals surface area contributed by atoms with Gasteiger partial charge >= 0.3 is 11.9 Å². The van der Waals surface area contributed by atoms with Crippen molar-refractivity contribution in [1.29, 1.82) is 0 Å². The fraction of sp³-hybridized carbons (Fsp3) is 0.308. The van der Waals surface area contributed by atoms with Crippen molar-refractivity contribution in [1.82, 2.24) is 0 Å². The van der Waals surface area contributed by atoms with E-state index >= 15 is 0 Å². The molecule has 0 bridgehead atoms. The maximum absolute atomic E-state index is 12.2. The molecule has 0 heterocycles. The molecule has 2 unspecified atom stereocenters. The van der Waals surface area contributed by atoms with Gasteiger partial charge in [0.05, 0.1) is 14.2 Å². The highest BCUT2D eigenvalue weighted by Crippen LogP contribution is 2.39. The SMILES string of the molecule is COC(=O)C1C(=O)C(C(=O)OC)c2ccccc21. The van der Waals surface area contributed by atoms with Crippen LogP contribution in [0.4, 0.5) is 0 Å². The summed E-state index contributed by atoms with van der Waals surface area (Å²) >= 11 is 0. The van der Waals surface area contributed by atoms with E-state index in [2.05, 4.69) is 9.47 Å². The van der Waals surface area contributed by atoms with Crippen molar-refractivity contribution < 1.29 is 23.9 Å². The van der Waals surface area contributed by atoms with Crippen LogP contribution in [0.25, 0.3) is 0 Å². The van der Waals surface area contributed by atoms with Crippen LogP contribution >= 0.6 is 0 Å². The van der Waals surface area contributed by atoms with Gasteiger partial charge in [-0.2, -0.15) is 0 Å². The molecule has 18 heavy (non-hydrogen) atoms. The average Bonchev–Trinajstić information content (AvgIpc) is 2.69. The monoisotopic (exact) mass is 248 g/mol. The van der Waals surface area contributed by atoms with Gasteiger partial charge in [0.2, 0.25) is 0 Å². The molecule has 0 saturated carbocycles. The highest BCUT2D eigenvalue weighted by Gasteiger charge is 2.47. The van der Waals surface area contributed by atoms with E-state index in [1.54, 1.807) is 24.3 Å². The zero-order valence-electron chi connectivity index (χ0n) is 10.0. The summed E-state index contributed by atoms with van der Waals surface area (Å²) in [5.41, 5.74) is 1.04. The Hall–Kier alpha value is -2.17. The van der Waals surface area contributed by atoms with Crippen LogP contribution in [-0.2, 0) is 23.9 Å². The molecule has 1 aliphatic carbocycles. The van der Waals surface area contributed by atoms with Crippen LogP contribution in [0.5, 0.6) is 0 Å². The second-order valence-electron chi connectivity index (χ2n) is 3.94. The minimum atomic E-state index is -1.03. The number of benzene rings is 1. The van der Waals surface area contributed by atoms with E-state index in [9.17, 15) is 14.4 Å². The summed E-state index contributed by atoms with van der Waals surface area (Å²) in [6.07, 6.45) is 0. The zero-order chi connectivity index (χ0) is 13.3. The summed E-state index contributed by atoms with van der Waals surface area (Å²) in [5, 5.41) is 0. The van der Waals surface area contributed by atoms with Crippen molar-refractivity contribution in [2.24, 2.45) is 0 Å². The van der Waals surface area contributed by atoms with Crippen molar-refractivity contribution in [3.63, 3.8) is 0 Å². The molecule has 5 nitrogen and oxygen atoms in total. The van der Waals surface area contributed by atoms with Gasteiger partial charge < -0.3 is 9.47 Å². The molecule has 0 amide bonds. The largest absolute Gasteiger partial charge is 0.468 e.